The Morgan fingerprint density at radius 3 is 2.32 bits per heavy atom. The first kappa shape index (κ1) is 20.1. The maximum absolute atomic E-state index is 12.4. The number of hydrogen-bond donors (Lipinski definition) is 2. The predicted octanol–water partition coefficient (Wildman–Crippen LogP) is 4.78. The largest absolute Gasteiger partial charge is 0.464 e. The van der Waals surface area contributed by atoms with E-state index in [0.29, 0.717) is 27.7 Å². The topological polar surface area (TPSA) is 97.0 Å². The van der Waals surface area contributed by atoms with Crippen molar-refractivity contribution in [3.63, 3.8) is 0 Å². The number of rotatable bonds is 4. The van der Waals surface area contributed by atoms with Crippen LogP contribution in [0.25, 0.3) is 11.3 Å². The van der Waals surface area contributed by atoms with E-state index in [1.54, 1.807) is 31.2 Å². The molecule has 2 aromatic heterocycles. The number of aromatic amines is 1. The van der Waals surface area contributed by atoms with Crippen molar-refractivity contribution >= 4 is 52.4 Å². The molecule has 1 aromatic carbocycles. The summed E-state index contributed by atoms with van der Waals surface area (Å²) in [5.74, 6) is -1.04. The molecule has 2 heterocycles. The van der Waals surface area contributed by atoms with E-state index < -0.39 is 11.9 Å². The fourth-order valence-electron chi connectivity index (χ4n) is 2.42. The number of aryl methyl sites for hydroxylation is 1. The summed E-state index contributed by atoms with van der Waals surface area (Å²) in [6.07, 6.45) is 0. The molecule has 3 aromatic rings. The lowest BCUT2D eigenvalue weighted by molar-refractivity contribution is 0.0593. The summed E-state index contributed by atoms with van der Waals surface area (Å²) in [5.41, 5.74) is 2.47. The third kappa shape index (κ3) is 4.11. The van der Waals surface area contributed by atoms with Gasteiger partial charge in [0.05, 0.1) is 22.8 Å². The highest BCUT2D eigenvalue weighted by Crippen LogP contribution is 2.30. The lowest BCUT2D eigenvalue weighted by atomic mass is 10.1. The van der Waals surface area contributed by atoms with E-state index in [0.717, 1.165) is 0 Å². The summed E-state index contributed by atoms with van der Waals surface area (Å²) in [4.78, 5) is 34.8. The minimum atomic E-state index is -0.619. The first-order chi connectivity index (χ1) is 13.3. The molecule has 0 aliphatic heterocycles. The van der Waals surface area contributed by atoms with Crippen molar-refractivity contribution in [2.24, 2.45) is 0 Å². The molecule has 28 heavy (non-hydrogen) atoms. The van der Waals surface area contributed by atoms with Crippen LogP contribution in [0.3, 0.4) is 0 Å². The smallest absolute Gasteiger partial charge is 0.356 e. The number of H-pyrrole nitrogens is 1. The number of anilines is 1. The minimum Gasteiger partial charge on any atom is -0.464 e. The van der Waals surface area contributed by atoms with Crippen LogP contribution in [-0.2, 0) is 4.74 Å². The highest BCUT2D eigenvalue weighted by atomic mass is 35.5. The van der Waals surface area contributed by atoms with E-state index in [1.807, 2.05) is 0 Å². The van der Waals surface area contributed by atoms with Crippen molar-refractivity contribution in [1.82, 2.24) is 15.0 Å². The van der Waals surface area contributed by atoms with Crippen LogP contribution in [0.5, 0.6) is 0 Å². The van der Waals surface area contributed by atoms with Crippen molar-refractivity contribution in [3.8, 4) is 11.3 Å². The Kier molecular flexibility index (Phi) is 5.88. The molecule has 0 spiro atoms. The van der Waals surface area contributed by atoms with Crippen LogP contribution in [-0.4, -0.2) is 33.9 Å². The average molecular weight is 440 g/mol. The molecule has 0 atom stereocenters. The Balaban J connectivity index is 1.82. The van der Waals surface area contributed by atoms with Gasteiger partial charge in [-0.15, -0.1) is 0 Å². The number of nitrogens with one attached hydrogen (secondary N) is 2. The van der Waals surface area contributed by atoms with Gasteiger partial charge < -0.3 is 15.0 Å². The molecule has 3 rings (SSSR count). The van der Waals surface area contributed by atoms with Gasteiger partial charge in [0.2, 0.25) is 5.28 Å². The van der Waals surface area contributed by atoms with E-state index in [4.69, 9.17) is 34.8 Å². The summed E-state index contributed by atoms with van der Waals surface area (Å²) in [6.45, 7) is 1.72. The number of amides is 1. The summed E-state index contributed by atoms with van der Waals surface area (Å²) >= 11 is 17.9. The lowest BCUT2D eigenvalue weighted by Gasteiger charge is -2.07. The first-order valence-corrected chi connectivity index (χ1v) is 9.01. The van der Waals surface area contributed by atoms with Gasteiger partial charge in [-0.05, 0) is 36.7 Å². The second kappa shape index (κ2) is 8.18. The van der Waals surface area contributed by atoms with E-state index in [9.17, 15) is 9.59 Å². The van der Waals surface area contributed by atoms with Crippen molar-refractivity contribution in [1.29, 1.82) is 0 Å². The Hall–Kier alpha value is -2.61. The van der Waals surface area contributed by atoms with E-state index in [2.05, 4.69) is 25.0 Å². The van der Waals surface area contributed by atoms with E-state index in [1.165, 1.54) is 13.2 Å². The number of halogens is 3. The van der Waals surface area contributed by atoms with Crippen molar-refractivity contribution in [3.05, 3.63) is 62.7 Å². The van der Waals surface area contributed by atoms with Gasteiger partial charge in [0.25, 0.3) is 5.91 Å². The standard InChI is InChI=1S/C18H13Cl3N4O3/c1-8-13(19)14(20)15(22-8)16(26)23-10-5-3-9(4-6-10)11-7-12(17(27)28-2)25-18(21)24-11/h3-7,22H,1-2H3,(H,23,26). The number of methoxy groups -OCH3 is 1. The zero-order valence-corrected chi connectivity index (χ0v) is 16.9. The number of nitrogens with zero attached hydrogens (tertiary/aromatic N) is 2. The monoisotopic (exact) mass is 438 g/mol. The molecule has 0 aliphatic carbocycles. The molecule has 0 saturated heterocycles. The SMILES string of the molecule is COC(=O)c1cc(-c2ccc(NC(=O)c3[nH]c(C)c(Cl)c3Cl)cc2)nc(Cl)n1. The molecule has 144 valence electrons. The van der Waals surface area contributed by atoms with Crippen molar-refractivity contribution < 1.29 is 14.3 Å². The molecule has 0 unspecified atom stereocenters. The van der Waals surface area contributed by atoms with Crippen LogP contribution >= 0.6 is 34.8 Å². The zero-order valence-electron chi connectivity index (χ0n) is 14.6. The minimum absolute atomic E-state index is 0.0449. The van der Waals surface area contributed by atoms with Crippen LogP contribution in [0.2, 0.25) is 15.3 Å². The Labute approximate surface area is 175 Å². The highest BCUT2D eigenvalue weighted by Gasteiger charge is 2.18. The maximum Gasteiger partial charge on any atom is 0.356 e. The predicted molar refractivity (Wildman–Crippen MR) is 107 cm³/mol. The number of ether oxygens (including phenoxy) is 1. The summed E-state index contributed by atoms with van der Waals surface area (Å²) in [7, 11) is 1.25. The van der Waals surface area contributed by atoms with Crippen LogP contribution < -0.4 is 5.32 Å². The average Bonchev–Trinajstić information content (AvgIpc) is 2.95. The first-order valence-electron chi connectivity index (χ1n) is 7.88. The van der Waals surface area contributed by atoms with Gasteiger partial charge in [-0.1, -0.05) is 35.3 Å². The van der Waals surface area contributed by atoms with Crippen LogP contribution in [0.4, 0.5) is 5.69 Å². The Morgan fingerprint density at radius 1 is 1.07 bits per heavy atom. The molecule has 10 heteroatoms. The molecular formula is C18H13Cl3N4O3. The number of aromatic nitrogens is 3. The summed E-state index contributed by atoms with van der Waals surface area (Å²) < 4.78 is 4.65. The molecule has 0 saturated carbocycles. The fourth-order valence-corrected chi connectivity index (χ4v) is 3.02. The fraction of sp³-hybridized carbons (Fsp3) is 0.111. The quantitative estimate of drug-likeness (QED) is 0.450. The lowest BCUT2D eigenvalue weighted by Crippen LogP contribution is -2.12. The number of benzene rings is 1. The highest BCUT2D eigenvalue weighted by molar-refractivity contribution is 6.44. The Morgan fingerprint density at radius 2 is 1.75 bits per heavy atom. The third-order valence-corrected chi connectivity index (χ3v) is 4.93. The summed E-state index contributed by atoms with van der Waals surface area (Å²) in [5, 5.41) is 3.12. The van der Waals surface area contributed by atoms with Crippen LogP contribution in [0.15, 0.2) is 30.3 Å². The van der Waals surface area contributed by atoms with Gasteiger partial charge in [0.15, 0.2) is 5.69 Å². The number of hydrogen-bond acceptors (Lipinski definition) is 5. The molecule has 0 aliphatic rings. The van der Waals surface area contributed by atoms with Crippen LogP contribution in [0, 0.1) is 6.92 Å². The van der Waals surface area contributed by atoms with Gasteiger partial charge in [-0.3, -0.25) is 4.79 Å². The van der Waals surface area contributed by atoms with Crippen molar-refractivity contribution in [2.45, 2.75) is 6.92 Å². The molecule has 7 nitrogen and oxygen atoms in total. The molecular weight excluding hydrogens is 427 g/mol. The Bertz CT molecular complexity index is 1060. The van der Waals surface area contributed by atoms with E-state index >= 15 is 0 Å². The van der Waals surface area contributed by atoms with Gasteiger partial charge in [-0.25, -0.2) is 14.8 Å². The zero-order chi connectivity index (χ0) is 20.4. The molecule has 2 N–H and O–H groups in total. The third-order valence-electron chi connectivity index (χ3n) is 3.81. The number of carbonyl (C=O) groups excluding carboxylic acids is 2. The molecule has 0 radical (unpaired) electrons. The second-order valence-electron chi connectivity index (χ2n) is 5.68. The molecule has 0 fully saturated rings. The van der Waals surface area contributed by atoms with Gasteiger partial charge >= 0.3 is 5.97 Å². The molecule has 1 amide bonds. The van der Waals surface area contributed by atoms with Crippen molar-refractivity contribution in [2.75, 3.05) is 12.4 Å². The number of carbonyl (C=O) groups is 2. The van der Waals surface area contributed by atoms with Gasteiger partial charge in [0.1, 0.15) is 5.69 Å². The normalized spacial score (nSPS) is 10.6. The number of esters is 1. The van der Waals surface area contributed by atoms with Crippen LogP contribution in [0.1, 0.15) is 26.7 Å². The van der Waals surface area contributed by atoms with Gasteiger partial charge in [0, 0.05) is 16.9 Å². The second-order valence-corrected chi connectivity index (χ2v) is 6.78. The molecule has 0 bridgehead atoms. The summed E-state index contributed by atoms with van der Waals surface area (Å²) in [6, 6.07) is 8.24. The van der Waals surface area contributed by atoms with Gasteiger partial charge in [-0.2, -0.15) is 0 Å². The maximum atomic E-state index is 12.4. The van der Waals surface area contributed by atoms with E-state index in [-0.39, 0.29) is 21.7 Å².